The fourth-order valence-corrected chi connectivity index (χ4v) is 3.05. The van der Waals surface area contributed by atoms with Gasteiger partial charge in [-0.1, -0.05) is 30.1 Å². The minimum Gasteiger partial charge on any atom is -0.480 e. The summed E-state index contributed by atoms with van der Waals surface area (Å²) < 4.78 is 0. The molecule has 1 aromatic rings. The standard InChI is InChI=1S/C15H15Cl2NO3/c1-9-4-5-18(14(9)15(20)21)13(19)3-2-10-6-11(16)8-12(17)7-10/h2-3,6-9,14H,4-5H2,1H3,(H,20,21)/b3-2+. The van der Waals surface area contributed by atoms with Crippen molar-refractivity contribution in [1.82, 2.24) is 4.90 Å². The molecule has 4 nitrogen and oxygen atoms in total. The number of hydrogen-bond donors (Lipinski definition) is 1. The molecule has 6 heteroatoms. The Hall–Kier alpha value is -1.52. The lowest BCUT2D eigenvalue weighted by molar-refractivity contribution is -0.147. The van der Waals surface area contributed by atoms with Crippen LogP contribution in [0.3, 0.4) is 0 Å². The van der Waals surface area contributed by atoms with E-state index < -0.39 is 12.0 Å². The highest BCUT2D eigenvalue weighted by Crippen LogP contribution is 2.25. The fraction of sp³-hybridized carbons (Fsp3) is 0.333. The van der Waals surface area contributed by atoms with E-state index in [1.165, 1.54) is 11.0 Å². The first kappa shape index (κ1) is 15.9. The Morgan fingerprint density at radius 3 is 2.48 bits per heavy atom. The van der Waals surface area contributed by atoms with E-state index in [0.717, 1.165) is 0 Å². The zero-order chi connectivity index (χ0) is 15.6. The molecule has 1 aliphatic heterocycles. The Morgan fingerprint density at radius 2 is 1.90 bits per heavy atom. The largest absolute Gasteiger partial charge is 0.480 e. The monoisotopic (exact) mass is 327 g/mol. The van der Waals surface area contributed by atoms with Gasteiger partial charge in [0, 0.05) is 22.7 Å². The van der Waals surface area contributed by atoms with E-state index in [-0.39, 0.29) is 11.8 Å². The number of amides is 1. The average Bonchev–Trinajstić information content (AvgIpc) is 2.77. The Bertz CT molecular complexity index is 580. The van der Waals surface area contributed by atoms with Gasteiger partial charge in [-0.05, 0) is 42.2 Å². The van der Waals surface area contributed by atoms with Crippen LogP contribution >= 0.6 is 23.2 Å². The third kappa shape index (κ3) is 3.77. The van der Waals surface area contributed by atoms with Crippen LogP contribution < -0.4 is 0 Å². The summed E-state index contributed by atoms with van der Waals surface area (Å²) in [5, 5.41) is 10.2. The number of likely N-dealkylation sites (tertiary alicyclic amines) is 1. The van der Waals surface area contributed by atoms with Crippen LogP contribution in [-0.2, 0) is 9.59 Å². The molecule has 2 atom stereocenters. The van der Waals surface area contributed by atoms with Crippen molar-refractivity contribution in [3.8, 4) is 0 Å². The van der Waals surface area contributed by atoms with E-state index in [1.54, 1.807) is 24.3 Å². The van der Waals surface area contributed by atoms with Crippen LogP contribution in [0.2, 0.25) is 10.0 Å². The zero-order valence-corrected chi connectivity index (χ0v) is 12.9. The van der Waals surface area contributed by atoms with Gasteiger partial charge >= 0.3 is 5.97 Å². The van der Waals surface area contributed by atoms with E-state index in [1.807, 2.05) is 6.92 Å². The number of carbonyl (C=O) groups excluding carboxylic acids is 1. The molecule has 112 valence electrons. The predicted molar refractivity (Wildman–Crippen MR) is 82.4 cm³/mol. The van der Waals surface area contributed by atoms with Crippen molar-refractivity contribution < 1.29 is 14.7 Å². The van der Waals surface area contributed by atoms with Crippen molar-refractivity contribution in [2.45, 2.75) is 19.4 Å². The topological polar surface area (TPSA) is 57.6 Å². The van der Waals surface area contributed by atoms with Crippen LogP contribution in [0.25, 0.3) is 6.08 Å². The summed E-state index contributed by atoms with van der Waals surface area (Å²) >= 11 is 11.8. The number of rotatable bonds is 3. The van der Waals surface area contributed by atoms with Gasteiger partial charge in [-0.3, -0.25) is 4.79 Å². The molecule has 0 aromatic heterocycles. The first-order chi connectivity index (χ1) is 9.88. The number of nitrogens with zero attached hydrogens (tertiary/aromatic N) is 1. The molecule has 0 bridgehead atoms. The Morgan fingerprint density at radius 1 is 1.29 bits per heavy atom. The highest BCUT2D eigenvalue weighted by Gasteiger charge is 2.38. The molecular formula is C15H15Cl2NO3. The molecule has 0 aliphatic carbocycles. The molecule has 0 spiro atoms. The second-order valence-corrected chi connectivity index (χ2v) is 5.99. The van der Waals surface area contributed by atoms with E-state index >= 15 is 0 Å². The van der Waals surface area contributed by atoms with E-state index in [4.69, 9.17) is 23.2 Å². The minimum absolute atomic E-state index is 0.0412. The number of benzene rings is 1. The summed E-state index contributed by atoms with van der Waals surface area (Å²) in [4.78, 5) is 24.8. The van der Waals surface area contributed by atoms with E-state index in [9.17, 15) is 14.7 Å². The first-order valence-corrected chi connectivity index (χ1v) is 7.31. The van der Waals surface area contributed by atoms with Crippen molar-refractivity contribution in [2.75, 3.05) is 6.54 Å². The smallest absolute Gasteiger partial charge is 0.326 e. The van der Waals surface area contributed by atoms with E-state index in [0.29, 0.717) is 28.6 Å². The summed E-state index contributed by atoms with van der Waals surface area (Å²) in [6.07, 6.45) is 3.64. The number of carboxylic acid groups (broad SMARTS) is 1. The van der Waals surface area contributed by atoms with Crippen LogP contribution in [0.5, 0.6) is 0 Å². The molecular weight excluding hydrogens is 313 g/mol. The minimum atomic E-state index is -0.965. The van der Waals surface area contributed by atoms with Crippen LogP contribution in [0, 0.1) is 5.92 Å². The lowest BCUT2D eigenvalue weighted by Gasteiger charge is -2.21. The van der Waals surface area contributed by atoms with Crippen molar-refractivity contribution in [3.05, 3.63) is 39.9 Å². The molecule has 1 aliphatic rings. The highest BCUT2D eigenvalue weighted by molar-refractivity contribution is 6.34. The Balaban J connectivity index is 2.13. The second-order valence-electron chi connectivity index (χ2n) is 5.12. The van der Waals surface area contributed by atoms with Gasteiger partial charge in [0.05, 0.1) is 0 Å². The number of carboxylic acids is 1. The number of hydrogen-bond acceptors (Lipinski definition) is 2. The number of aliphatic carboxylic acids is 1. The van der Waals surface area contributed by atoms with Gasteiger partial charge in [-0.2, -0.15) is 0 Å². The van der Waals surface area contributed by atoms with Crippen molar-refractivity contribution >= 4 is 41.2 Å². The van der Waals surface area contributed by atoms with Gasteiger partial charge in [0.25, 0.3) is 0 Å². The zero-order valence-electron chi connectivity index (χ0n) is 11.4. The Labute approximate surface area is 133 Å². The van der Waals surface area contributed by atoms with E-state index in [2.05, 4.69) is 0 Å². The maximum absolute atomic E-state index is 12.2. The molecule has 1 aromatic carbocycles. The quantitative estimate of drug-likeness (QED) is 0.866. The normalized spacial score (nSPS) is 22.0. The number of carbonyl (C=O) groups is 2. The summed E-state index contributed by atoms with van der Waals surface area (Å²) in [5.41, 5.74) is 0.694. The molecule has 0 saturated carbocycles. The van der Waals surface area contributed by atoms with Gasteiger partial charge in [0.15, 0.2) is 0 Å². The van der Waals surface area contributed by atoms with Crippen LogP contribution in [0.4, 0.5) is 0 Å². The lowest BCUT2D eigenvalue weighted by Crippen LogP contribution is -2.42. The van der Waals surface area contributed by atoms with Crippen molar-refractivity contribution in [3.63, 3.8) is 0 Å². The Kier molecular flexibility index (Phi) is 4.91. The molecule has 1 N–H and O–H groups in total. The predicted octanol–water partition coefficient (Wildman–Crippen LogP) is 3.33. The van der Waals surface area contributed by atoms with Crippen molar-refractivity contribution in [2.24, 2.45) is 5.92 Å². The lowest BCUT2D eigenvalue weighted by atomic mass is 10.0. The molecule has 2 rings (SSSR count). The SMILES string of the molecule is CC1CCN(C(=O)/C=C/c2cc(Cl)cc(Cl)c2)C1C(=O)O. The van der Waals surface area contributed by atoms with Crippen LogP contribution in [0.15, 0.2) is 24.3 Å². The van der Waals surface area contributed by atoms with Gasteiger partial charge in [0.1, 0.15) is 6.04 Å². The molecule has 1 fully saturated rings. The fourth-order valence-electron chi connectivity index (χ4n) is 2.51. The summed E-state index contributed by atoms with van der Waals surface area (Å²) in [6.45, 7) is 2.30. The van der Waals surface area contributed by atoms with Crippen LogP contribution in [-0.4, -0.2) is 34.5 Å². The van der Waals surface area contributed by atoms with Crippen LogP contribution in [0.1, 0.15) is 18.9 Å². The third-order valence-corrected chi connectivity index (χ3v) is 3.98. The average molecular weight is 328 g/mol. The molecule has 0 radical (unpaired) electrons. The maximum atomic E-state index is 12.2. The third-order valence-electron chi connectivity index (χ3n) is 3.54. The second kappa shape index (κ2) is 6.50. The first-order valence-electron chi connectivity index (χ1n) is 6.56. The maximum Gasteiger partial charge on any atom is 0.326 e. The number of halogens is 2. The molecule has 1 saturated heterocycles. The molecule has 1 heterocycles. The summed E-state index contributed by atoms with van der Waals surface area (Å²) in [7, 11) is 0. The summed E-state index contributed by atoms with van der Waals surface area (Å²) in [5.74, 6) is -1.32. The summed E-state index contributed by atoms with van der Waals surface area (Å²) in [6, 6.07) is 4.20. The molecule has 21 heavy (non-hydrogen) atoms. The molecule has 1 amide bonds. The molecule has 2 unspecified atom stereocenters. The van der Waals surface area contributed by atoms with Gasteiger partial charge < -0.3 is 10.0 Å². The van der Waals surface area contributed by atoms with Crippen molar-refractivity contribution in [1.29, 1.82) is 0 Å². The van der Waals surface area contributed by atoms with Gasteiger partial charge in [0.2, 0.25) is 5.91 Å². The highest BCUT2D eigenvalue weighted by atomic mass is 35.5. The van der Waals surface area contributed by atoms with Gasteiger partial charge in [-0.15, -0.1) is 0 Å². The van der Waals surface area contributed by atoms with Gasteiger partial charge in [-0.25, -0.2) is 4.79 Å².